The van der Waals surface area contributed by atoms with Gasteiger partial charge in [0.25, 0.3) is 11.7 Å². The normalized spacial score (nSPS) is 19.3. The molecule has 0 atom stereocenters. The number of nitrogens with zero attached hydrogens (tertiary/aromatic N) is 5. The zero-order valence-electron chi connectivity index (χ0n) is 20.7. The highest BCUT2D eigenvalue weighted by molar-refractivity contribution is 7.81. The first-order chi connectivity index (χ1) is 17.9. The summed E-state index contributed by atoms with van der Waals surface area (Å²) in [5, 5.41) is 0.263. The number of thiocarbonyl (C=S) groups is 1. The topological polar surface area (TPSA) is 70.3 Å². The van der Waals surface area contributed by atoms with Gasteiger partial charge < -0.3 is 14.5 Å². The van der Waals surface area contributed by atoms with E-state index in [1.54, 1.807) is 24.0 Å². The van der Waals surface area contributed by atoms with Crippen molar-refractivity contribution in [1.29, 1.82) is 0 Å². The number of Topliss-reactive ketones (excluding diaryl/α,β-unsaturated/α-hetero) is 1. The third-order valence-electron chi connectivity index (χ3n) is 7.48. The second-order valence-corrected chi connectivity index (χ2v) is 10.1. The van der Waals surface area contributed by atoms with Gasteiger partial charge in [0.1, 0.15) is 17.6 Å². The molecule has 192 valence electrons. The molecular formula is C27H28FN5O3S. The molecule has 8 nitrogen and oxygen atoms in total. The molecular weight excluding hydrogens is 493 g/mol. The Morgan fingerprint density at radius 3 is 2.65 bits per heavy atom. The molecule has 2 aromatic rings. The monoisotopic (exact) mass is 521 g/mol. The summed E-state index contributed by atoms with van der Waals surface area (Å²) in [6, 6.07) is 6.12. The van der Waals surface area contributed by atoms with Crippen LogP contribution in [0.4, 0.5) is 21.6 Å². The van der Waals surface area contributed by atoms with Gasteiger partial charge >= 0.3 is 0 Å². The molecule has 1 aliphatic carbocycles. The van der Waals surface area contributed by atoms with Crippen LogP contribution in [0.1, 0.15) is 48.0 Å². The smallest absolute Gasteiger partial charge is 0.272 e. The first-order valence-electron chi connectivity index (χ1n) is 12.5. The van der Waals surface area contributed by atoms with Crippen molar-refractivity contribution in [2.45, 2.75) is 44.6 Å². The lowest BCUT2D eigenvalue weighted by atomic mass is 9.75. The van der Waals surface area contributed by atoms with E-state index < -0.39 is 11.4 Å². The quantitative estimate of drug-likeness (QED) is 0.303. The van der Waals surface area contributed by atoms with Crippen LogP contribution in [0.5, 0.6) is 0 Å². The molecule has 1 aromatic carbocycles. The van der Waals surface area contributed by atoms with E-state index in [-0.39, 0.29) is 34.6 Å². The Morgan fingerprint density at radius 1 is 1.24 bits per heavy atom. The molecule has 0 unspecified atom stereocenters. The fraction of sp³-hybridized carbons (Fsp3) is 0.444. The highest BCUT2D eigenvalue weighted by Crippen LogP contribution is 2.48. The molecule has 10 heteroatoms. The van der Waals surface area contributed by atoms with Crippen molar-refractivity contribution in [2.24, 2.45) is 0 Å². The van der Waals surface area contributed by atoms with Gasteiger partial charge in [-0.05, 0) is 81.2 Å². The number of anilines is 2. The number of pyridine rings is 1. The molecule has 3 aliphatic rings. The van der Waals surface area contributed by atoms with E-state index in [9.17, 15) is 14.0 Å². The average molecular weight is 522 g/mol. The lowest BCUT2D eigenvalue weighted by molar-refractivity contribution is -0.123. The van der Waals surface area contributed by atoms with Crippen LogP contribution in [0.3, 0.4) is 0 Å². The van der Waals surface area contributed by atoms with Crippen molar-refractivity contribution in [1.82, 2.24) is 9.88 Å². The Kier molecular flexibility index (Phi) is 7.03. The van der Waals surface area contributed by atoms with E-state index in [2.05, 4.69) is 14.7 Å². The highest BCUT2D eigenvalue weighted by Gasteiger charge is 2.59. The number of ketones is 1. The van der Waals surface area contributed by atoms with Crippen LogP contribution in [0.2, 0.25) is 0 Å². The largest absolute Gasteiger partial charge is 0.379 e. The predicted octanol–water partition coefficient (Wildman–Crippen LogP) is 4.44. The number of hydrogen-bond acceptors (Lipinski definition) is 6. The maximum absolute atomic E-state index is 14.8. The maximum Gasteiger partial charge on any atom is 0.272 e. The van der Waals surface area contributed by atoms with Gasteiger partial charge in [-0.25, -0.2) is 4.39 Å². The molecule has 1 aromatic heterocycles. The van der Waals surface area contributed by atoms with Crippen molar-refractivity contribution in [3.63, 3.8) is 0 Å². The number of carbonyl (C=O) groups excluding carboxylic acids is 2. The van der Waals surface area contributed by atoms with Crippen LogP contribution >= 0.6 is 12.2 Å². The fourth-order valence-electron chi connectivity index (χ4n) is 5.29. The van der Waals surface area contributed by atoms with E-state index in [0.29, 0.717) is 49.4 Å². The van der Waals surface area contributed by atoms with Gasteiger partial charge in [0.05, 0.1) is 24.5 Å². The summed E-state index contributed by atoms with van der Waals surface area (Å²) >= 11 is 5.79. The van der Waals surface area contributed by atoms with E-state index in [4.69, 9.17) is 23.5 Å². The van der Waals surface area contributed by atoms with Gasteiger partial charge in [0.2, 0.25) is 0 Å². The number of hydrogen-bond donors (Lipinski definition) is 0. The first kappa shape index (κ1) is 25.4. The Balaban J connectivity index is 1.40. The van der Waals surface area contributed by atoms with E-state index in [0.717, 1.165) is 26.1 Å². The lowest BCUT2D eigenvalue weighted by Gasteiger charge is -2.43. The number of carbonyl (C=O) groups is 2. The van der Waals surface area contributed by atoms with Crippen molar-refractivity contribution in [3.05, 3.63) is 58.8 Å². The summed E-state index contributed by atoms with van der Waals surface area (Å²) in [6.45, 7) is 12.8. The zero-order valence-corrected chi connectivity index (χ0v) is 21.5. The Morgan fingerprint density at radius 2 is 2.00 bits per heavy atom. The minimum absolute atomic E-state index is 0.0153. The number of amides is 1. The number of benzene rings is 1. The first-order valence-corrected chi connectivity index (χ1v) is 12.9. The summed E-state index contributed by atoms with van der Waals surface area (Å²) in [7, 11) is 0. The summed E-state index contributed by atoms with van der Waals surface area (Å²) < 4.78 is 20.2. The fourth-order valence-corrected chi connectivity index (χ4v) is 5.76. The van der Waals surface area contributed by atoms with Crippen LogP contribution in [0, 0.1) is 19.3 Å². The van der Waals surface area contributed by atoms with Gasteiger partial charge in [-0.1, -0.05) is 6.57 Å². The molecule has 2 saturated heterocycles. The summed E-state index contributed by atoms with van der Waals surface area (Å²) in [5.41, 5.74) is 0.825. The van der Waals surface area contributed by atoms with Crippen molar-refractivity contribution in [3.8, 4) is 0 Å². The predicted molar refractivity (Wildman–Crippen MR) is 142 cm³/mol. The Labute approximate surface area is 220 Å². The number of halogens is 1. The number of ether oxygens (including phenoxy) is 1. The molecule has 3 fully saturated rings. The van der Waals surface area contributed by atoms with E-state index in [1.165, 1.54) is 23.2 Å². The van der Waals surface area contributed by atoms with Crippen molar-refractivity contribution >= 4 is 46.2 Å². The third-order valence-corrected chi connectivity index (χ3v) is 7.85. The third kappa shape index (κ3) is 4.52. The molecule has 0 bridgehead atoms. The molecule has 0 radical (unpaired) electrons. The molecule has 1 spiro atoms. The van der Waals surface area contributed by atoms with E-state index in [1.807, 2.05) is 0 Å². The molecule has 2 aliphatic heterocycles. The Bertz CT molecular complexity index is 1300. The zero-order chi connectivity index (χ0) is 26.2. The Hall–Kier alpha value is -3.26. The van der Waals surface area contributed by atoms with Crippen LogP contribution in [-0.4, -0.2) is 65.1 Å². The summed E-state index contributed by atoms with van der Waals surface area (Å²) in [4.78, 5) is 39.8. The van der Waals surface area contributed by atoms with Crippen LogP contribution in [0.15, 0.2) is 30.5 Å². The molecule has 37 heavy (non-hydrogen) atoms. The standard InChI is InChI=1S/C27H28FN5O3S/c1-18-15-20(17-30-24(18)29-2)32-25(35)27(8-4-9-27)33(26(32)37)19-6-7-22(28)21(16-19)23(34)5-3-10-31-11-13-36-14-12-31/h6-7,15-17H,3-5,8-14H2,1H3. The molecule has 1 saturated carbocycles. The minimum Gasteiger partial charge on any atom is -0.379 e. The highest BCUT2D eigenvalue weighted by atomic mass is 32.1. The van der Waals surface area contributed by atoms with E-state index >= 15 is 0 Å². The lowest BCUT2D eigenvalue weighted by Crippen LogP contribution is -2.55. The second-order valence-electron chi connectivity index (χ2n) is 9.73. The average Bonchev–Trinajstić information content (AvgIpc) is 3.11. The number of aryl methyl sites for hydroxylation is 1. The van der Waals surface area contributed by atoms with Crippen LogP contribution in [0.25, 0.3) is 4.85 Å². The SMILES string of the molecule is [C-]#[N+]c1ncc(N2C(=O)C3(CCC3)N(c3ccc(F)c(C(=O)CCCN4CCOCC4)c3)C2=S)cc1C. The van der Waals surface area contributed by atoms with Crippen molar-refractivity contribution < 1.29 is 18.7 Å². The molecule has 0 N–H and O–H groups in total. The summed E-state index contributed by atoms with van der Waals surface area (Å²) in [6.07, 6.45) is 4.42. The number of aromatic nitrogens is 1. The van der Waals surface area contributed by atoms with Gasteiger partial charge in [0.15, 0.2) is 10.9 Å². The number of rotatable bonds is 7. The van der Waals surface area contributed by atoms with Crippen LogP contribution < -0.4 is 9.80 Å². The van der Waals surface area contributed by atoms with Gasteiger partial charge in [-0.3, -0.25) is 19.4 Å². The maximum atomic E-state index is 14.8. The molecule has 1 amide bonds. The van der Waals surface area contributed by atoms with Crippen LogP contribution in [-0.2, 0) is 9.53 Å². The number of morpholine rings is 1. The minimum atomic E-state index is -0.863. The second kappa shape index (κ2) is 10.2. The molecule has 3 heterocycles. The van der Waals surface area contributed by atoms with Gasteiger partial charge in [0, 0.05) is 25.2 Å². The summed E-state index contributed by atoms with van der Waals surface area (Å²) in [5.74, 6) is -0.737. The van der Waals surface area contributed by atoms with Gasteiger partial charge in [-0.15, -0.1) is 4.98 Å². The molecule has 5 rings (SSSR count). The van der Waals surface area contributed by atoms with Gasteiger partial charge in [-0.2, -0.15) is 0 Å². The van der Waals surface area contributed by atoms with Crippen molar-refractivity contribution in [2.75, 3.05) is 42.6 Å².